The van der Waals surface area contributed by atoms with Crippen molar-refractivity contribution in [3.05, 3.63) is 18.2 Å². The smallest absolute Gasteiger partial charge is 0.267 e. The number of carbonyl (C=O) groups excluding carboxylic acids is 1. The monoisotopic (exact) mass is 319 g/mol. The number of amides is 1. The van der Waals surface area contributed by atoms with E-state index < -0.39 is 21.2 Å². The number of hydrogen-bond donors (Lipinski definition) is 1. The molecule has 0 unspecified atom stereocenters. The quantitative estimate of drug-likeness (QED) is 0.850. The zero-order valence-electron chi connectivity index (χ0n) is 11.7. The molecule has 6 nitrogen and oxygen atoms in total. The first-order valence-corrected chi connectivity index (χ1v) is 8.44. The summed E-state index contributed by atoms with van der Waals surface area (Å²) in [6, 6.07) is 4.35. The van der Waals surface area contributed by atoms with Gasteiger partial charge in [-0.3, -0.25) is 4.79 Å². The largest absolute Gasteiger partial charge is 0.497 e. The van der Waals surface area contributed by atoms with E-state index in [9.17, 15) is 13.2 Å². The third-order valence-corrected chi connectivity index (χ3v) is 4.91. The van der Waals surface area contributed by atoms with E-state index in [0.717, 1.165) is 0 Å². The van der Waals surface area contributed by atoms with E-state index in [4.69, 9.17) is 9.47 Å². The molecule has 1 N–H and O–H groups in total. The van der Waals surface area contributed by atoms with Gasteiger partial charge in [0, 0.05) is 6.07 Å². The van der Waals surface area contributed by atoms with E-state index in [0.29, 0.717) is 5.75 Å². The van der Waals surface area contributed by atoms with Gasteiger partial charge in [0.2, 0.25) is 5.91 Å². The summed E-state index contributed by atoms with van der Waals surface area (Å²) in [6.45, 7) is 1.62. The molecule has 0 aromatic heterocycles. The average Bonchev–Trinajstić information content (AvgIpc) is 2.44. The fraction of sp³-hybridized carbons (Fsp3) is 0.417. The maximum atomic E-state index is 12.2. The Bertz CT molecular complexity index is 586. The van der Waals surface area contributed by atoms with Crippen molar-refractivity contribution in [2.45, 2.75) is 17.1 Å². The van der Waals surface area contributed by atoms with Crippen molar-refractivity contribution < 1.29 is 22.7 Å². The Kier molecular flexibility index (Phi) is 5.70. The van der Waals surface area contributed by atoms with Crippen molar-refractivity contribution in [3.63, 3.8) is 0 Å². The van der Waals surface area contributed by atoms with Gasteiger partial charge in [0.1, 0.15) is 16.4 Å². The summed E-state index contributed by atoms with van der Waals surface area (Å²) in [4.78, 5) is 11.6. The molecule has 0 bridgehead atoms. The molecule has 0 aliphatic heterocycles. The van der Waals surface area contributed by atoms with Crippen LogP contribution < -0.4 is 14.2 Å². The van der Waals surface area contributed by atoms with Crippen molar-refractivity contribution in [1.29, 1.82) is 0 Å². The highest BCUT2D eigenvalue weighted by molar-refractivity contribution is 8.00. The number of methoxy groups -OCH3 is 2. The molecule has 0 radical (unpaired) electrons. The summed E-state index contributed by atoms with van der Waals surface area (Å²) in [7, 11) is -1.23. The van der Waals surface area contributed by atoms with Gasteiger partial charge in [-0.2, -0.15) is 11.8 Å². The van der Waals surface area contributed by atoms with E-state index in [1.807, 2.05) is 4.72 Å². The third kappa shape index (κ3) is 3.80. The number of nitrogens with one attached hydrogen (secondary N) is 1. The highest BCUT2D eigenvalue weighted by Crippen LogP contribution is 2.28. The van der Waals surface area contributed by atoms with Crippen molar-refractivity contribution in [3.8, 4) is 11.5 Å². The maximum Gasteiger partial charge on any atom is 0.267 e. The lowest BCUT2D eigenvalue weighted by atomic mass is 10.3. The van der Waals surface area contributed by atoms with Crippen molar-refractivity contribution in [1.82, 2.24) is 4.72 Å². The normalized spacial score (nSPS) is 12.6. The summed E-state index contributed by atoms with van der Waals surface area (Å²) < 4.78 is 36.5. The molecule has 1 atom stereocenters. The van der Waals surface area contributed by atoms with Gasteiger partial charge in [-0.05, 0) is 25.3 Å². The van der Waals surface area contributed by atoms with Gasteiger partial charge in [-0.25, -0.2) is 13.1 Å². The molecule has 8 heteroatoms. The molecule has 0 fully saturated rings. The fourth-order valence-electron chi connectivity index (χ4n) is 1.37. The topological polar surface area (TPSA) is 81.7 Å². The van der Waals surface area contributed by atoms with Crippen LogP contribution in [0.15, 0.2) is 23.1 Å². The minimum Gasteiger partial charge on any atom is -0.497 e. The van der Waals surface area contributed by atoms with Crippen LogP contribution in [0.3, 0.4) is 0 Å². The van der Waals surface area contributed by atoms with E-state index in [2.05, 4.69) is 0 Å². The minimum absolute atomic E-state index is 0.138. The molecule has 0 aliphatic carbocycles. The van der Waals surface area contributed by atoms with Gasteiger partial charge >= 0.3 is 0 Å². The number of thioether (sulfide) groups is 1. The molecule has 1 rings (SSSR count). The molecule has 112 valence electrons. The van der Waals surface area contributed by atoms with Crippen LogP contribution in [0.1, 0.15) is 6.92 Å². The summed E-state index contributed by atoms with van der Waals surface area (Å²) >= 11 is 1.25. The summed E-state index contributed by atoms with van der Waals surface area (Å²) in [6.07, 6.45) is 1.73. The lowest BCUT2D eigenvalue weighted by molar-refractivity contribution is -0.118. The van der Waals surface area contributed by atoms with Gasteiger partial charge in [-0.15, -0.1) is 0 Å². The van der Waals surface area contributed by atoms with Gasteiger partial charge in [0.25, 0.3) is 10.0 Å². The molecule has 0 spiro atoms. The molecule has 1 aromatic rings. The van der Waals surface area contributed by atoms with Crippen LogP contribution in [-0.2, 0) is 14.8 Å². The molecule has 0 aliphatic rings. The minimum atomic E-state index is -4.01. The number of hydrogen-bond acceptors (Lipinski definition) is 6. The van der Waals surface area contributed by atoms with E-state index >= 15 is 0 Å². The van der Waals surface area contributed by atoms with Crippen LogP contribution in [0.25, 0.3) is 0 Å². The van der Waals surface area contributed by atoms with Crippen LogP contribution in [0.5, 0.6) is 11.5 Å². The van der Waals surface area contributed by atoms with Crippen LogP contribution in [-0.4, -0.2) is 40.1 Å². The van der Waals surface area contributed by atoms with E-state index in [1.54, 1.807) is 19.2 Å². The maximum absolute atomic E-state index is 12.2. The number of ether oxygens (including phenoxy) is 2. The average molecular weight is 319 g/mol. The van der Waals surface area contributed by atoms with Gasteiger partial charge in [0.05, 0.1) is 19.5 Å². The second-order valence-corrected chi connectivity index (χ2v) is 6.69. The van der Waals surface area contributed by atoms with Crippen LogP contribution in [0.2, 0.25) is 0 Å². The van der Waals surface area contributed by atoms with E-state index in [1.165, 1.54) is 38.1 Å². The standard InChI is InChI=1S/C12H17NO5S2/c1-8(19-4)12(14)13-20(15,16)11-7-9(17-2)5-6-10(11)18-3/h5-8H,1-4H3,(H,13,14)/t8-/m0/s1. The first-order valence-electron chi connectivity index (χ1n) is 5.67. The van der Waals surface area contributed by atoms with Crippen molar-refractivity contribution >= 4 is 27.7 Å². The van der Waals surface area contributed by atoms with Crippen LogP contribution in [0.4, 0.5) is 0 Å². The van der Waals surface area contributed by atoms with Crippen molar-refractivity contribution in [2.75, 3.05) is 20.5 Å². The van der Waals surface area contributed by atoms with Gasteiger partial charge < -0.3 is 9.47 Å². The second-order valence-electron chi connectivity index (χ2n) is 3.86. The molecule has 20 heavy (non-hydrogen) atoms. The molecular formula is C12H17NO5S2. The number of carbonyl (C=O) groups is 1. The molecule has 0 saturated heterocycles. The number of benzene rings is 1. The Morgan fingerprint density at radius 1 is 1.30 bits per heavy atom. The molecular weight excluding hydrogens is 302 g/mol. The first kappa shape index (κ1) is 16.6. The number of sulfonamides is 1. The SMILES string of the molecule is COc1ccc(OC)c(S(=O)(=O)NC(=O)[C@H](C)SC)c1. The highest BCUT2D eigenvalue weighted by Gasteiger charge is 2.25. The zero-order chi connectivity index (χ0) is 15.3. The van der Waals surface area contributed by atoms with Crippen LogP contribution in [0, 0.1) is 0 Å². The zero-order valence-corrected chi connectivity index (χ0v) is 13.3. The lowest BCUT2D eigenvalue weighted by Crippen LogP contribution is -2.36. The second kappa shape index (κ2) is 6.85. The molecule has 1 amide bonds. The van der Waals surface area contributed by atoms with Crippen LogP contribution >= 0.6 is 11.8 Å². The summed E-state index contributed by atoms with van der Waals surface area (Å²) in [5.41, 5.74) is 0. The Labute approximate surface area is 122 Å². The lowest BCUT2D eigenvalue weighted by Gasteiger charge is -2.13. The predicted molar refractivity (Wildman–Crippen MR) is 77.9 cm³/mol. The van der Waals surface area contributed by atoms with Gasteiger partial charge in [-0.1, -0.05) is 0 Å². The Morgan fingerprint density at radius 2 is 1.95 bits per heavy atom. The Morgan fingerprint density at radius 3 is 2.45 bits per heavy atom. The molecule has 0 heterocycles. The van der Waals surface area contributed by atoms with E-state index in [-0.39, 0.29) is 10.6 Å². The summed E-state index contributed by atoms with van der Waals surface area (Å²) in [5.74, 6) is -0.0817. The first-order chi connectivity index (χ1) is 9.35. The number of rotatable bonds is 6. The molecule has 1 aromatic carbocycles. The molecule has 0 saturated carbocycles. The summed E-state index contributed by atoms with van der Waals surface area (Å²) in [5, 5.41) is -0.471. The fourth-order valence-corrected chi connectivity index (χ4v) is 2.96. The highest BCUT2D eigenvalue weighted by atomic mass is 32.2. The van der Waals surface area contributed by atoms with Crippen molar-refractivity contribution in [2.24, 2.45) is 0 Å². The van der Waals surface area contributed by atoms with Gasteiger partial charge in [0.15, 0.2) is 0 Å². The Hall–Kier alpha value is -1.41. The third-order valence-electron chi connectivity index (χ3n) is 2.62. The predicted octanol–water partition coefficient (Wildman–Crippen LogP) is 1.26. The Balaban J connectivity index is 3.17.